The summed E-state index contributed by atoms with van der Waals surface area (Å²) in [6.45, 7) is 0. The Labute approximate surface area is 145 Å². The second kappa shape index (κ2) is 6.92. The molecule has 3 aromatic rings. The van der Waals surface area contributed by atoms with Crippen LogP contribution in [0.1, 0.15) is 5.56 Å². The number of nitrogens with one attached hydrogen (secondary N) is 1. The lowest BCUT2D eigenvalue weighted by atomic mass is 10.1. The quantitative estimate of drug-likeness (QED) is 0.431. The van der Waals surface area contributed by atoms with Crippen molar-refractivity contribution in [2.24, 2.45) is 5.10 Å². The number of nitrogens with zero attached hydrogens (tertiary/aromatic N) is 1. The first kappa shape index (κ1) is 16.9. The molecule has 25 heavy (non-hydrogen) atoms. The van der Waals surface area contributed by atoms with E-state index in [0.29, 0.717) is 5.69 Å². The van der Waals surface area contributed by atoms with Gasteiger partial charge in [-0.3, -0.25) is 5.43 Å². The zero-order chi connectivity index (χ0) is 17.9. The van der Waals surface area contributed by atoms with E-state index in [-0.39, 0.29) is 4.90 Å². The summed E-state index contributed by atoms with van der Waals surface area (Å²) in [5.41, 5.74) is 4.28. The molecule has 6 nitrogen and oxygen atoms in total. The third kappa shape index (κ3) is 4.14. The van der Waals surface area contributed by atoms with E-state index in [4.69, 9.17) is 4.74 Å². The van der Waals surface area contributed by atoms with Gasteiger partial charge in [0.15, 0.2) is 0 Å². The Morgan fingerprint density at radius 2 is 1.68 bits per heavy atom. The average Bonchev–Trinajstić information content (AvgIpc) is 2.61. The number of rotatable bonds is 5. The molecular weight excluding hydrogens is 340 g/mol. The maximum Gasteiger partial charge on any atom is 0.124 e. The van der Waals surface area contributed by atoms with Gasteiger partial charge in [0, 0.05) is 0 Å². The van der Waals surface area contributed by atoms with Crippen LogP contribution in [-0.2, 0) is 10.1 Å². The zero-order valence-corrected chi connectivity index (χ0v) is 14.2. The first-order valence-electron chi connectivity index (χ1n) is 7.38. The van der Waals surface area contributed by atoms with Crippen molar-refractivity contribution in [1.82, 2.24) is 0 Å². The normalized spacial score (nSPS) is 11.8. The summed E-state index contributed by atoms with van der Waals surface area (Å²) in [5.74, 6) is 0.805. The molecule has 0 fully saturated rings. The Morgan fingerprint density at radius 3 is 2.36 bits per heavy atom. The van der Waals surface area contributed by atoms with Crippen LogP contribution >= 0.6 is 0 Å². The molecule has 7 heteroatoms. The zero-order valence-electron chi connectivity index (χ0n) is 13.3. The minimum atomic E-state index is -4.43. The van der Waals surface area contributed by atoms with Crippen molar-refractivity contribution >= 4 is 32.8 Å². The van der Waals surface area contributed by atoms with Crippen molar-refractivity contribution in [3.05, 3.63) is 66.2 Å². The highest BCUT2D eigenvalue weighted by molar-refractivity contribution is 7.85. The molecular formula is C18H15N2O4S-. The topological polar surface area (TPSA) is 90.8 Å². The summed E-state index contributed by atoms with van der Waals surface area (Å²) in [6.07, 6.45) is 1.65. The summed E-state index contributed by atoms with van der Waals surface area (Å²) in [4.78, 5) is -0.271. The van der Waals surface area contributed by atoms with Gasteiger partial charge in [0.05, 0.1) is 23.9 Å². The highest BCUT2D eigenvalue weighted by Gasteiger charge is 2.00. The highest BCUT2D eigenvalue weighted by atomic mass is 32.2. The van der Waals surface area contributed by atoms with Crippen molar-refractivity contribution in [2.45, 2.75) is 4.90 Å². The van der Waals surface area contributed by atoms with Crippen molar-refractivity contribution in [3.8, 4) is 5.75 Å². The Morgan fingerprint density at radius 1 is 1.00 bits per heavy atom. The average molecular weight is 355 g/mol. The minimum Gasteiger partial charge on any atom is -0.744 e. The van der Waals surface area contributed by atoms with Crippen LogP contribution in [0.15, 0.2) is 70.7 Å². The number of benzene rings is 3. The number of fused-ring (bicyclic) bond motifs is 1. The number of methoxy groups -OCH3 is 1. The van der Waals surface area contributed by atoms with Crippen molar-refractivity contribution in [1.29, 1.82) is 0 Å². The minimum absolute atomic E-state index is 0.271. The van der Waals surface area contributed by atoms with E-state index in [9.17, 15) is 13.0 Å². The largest absolute Gasteiger partial charge is 0.744 e. The van der Waals surface area contributed by atoms with Gasteiger partial charge in [0.2, 0.25) is 0 Å². The predicted molar refractivity (Wildman–Crippen MR) is 96.1 cm³/mol. The Bertz CT molecular complexity index is 1030. The summed E-state index contributed by atoms with van der Waals surface area (Å²) in [5, 5.41) is 6.25. The van der Waals surface area contributed by atoms with Crippen LogP contribution < -0.4 is 10.2 Å². The molecule has 0 saturated heterocycles. The summed E-state index contributed by atoms with van der Waals surface area (Å²) in [6, 6.07) is 17.2. The Balaban J connectivity index is 1.72. The number of ether oxygens (including phenoxy) is 1. The molecule has 0 aromatic heterocycles. The standard InChI is InChI=1S/C18H16N2O4S/c1-24-17-7-4-14-10-13(2-3-15(14)11-17)12-19-20-16-5-8-18(9-6-16)25(21,22)23/h2-12,20H,1H3,(H,21,22,23)/p-1/b19-12+. The van der Waals surface area contributed by atoms with Gasteiger partial charge in [-0.2, -0.15) is 5.10 Å². The van der Waals surface area contributed by atoms with E-state index in [0.717, 1.165) is 22.1 Å². The van der Waals surface area contributed by atoms with E-state index < -0.39 is 10.1 Å². The SMILES string of the molecule is COc1ccc2cc(/C=N/Nc3ccc(S(=O)(=O)[O-])cc3)ccc2c1. The van der Waals surface area contributed by atoms with Gasteiger partial charge in [0.1, 0.15) is 15.9 Å². The summed E-state index contributed by atoms with van der Waals surface area (Å²) < 4.78 is 37.8. The predicted octanol–water partition coefficient (Wildman–Crippen LogP) is 3.20. The molecule has 0 bridgehead atoms. The van der Waals surface area contributed by atoms with Gasteiger partial charge in [0.25, 0.3) is 0 Å². The molecule has 0 aliphatic heterocycles. The fourth-order valence-corrected chi connectivity index (χ4v) is 2.80. The molecule has 1 N–H and O–H groups in total. The van der Waals surface area contributed by atoms with Crippen LogP contribution in [0.2, 0.25) is 0 Å². The Kier molecular flexibility index (Phi) is 4.69. The van der Waals surface area contributed by atoms with Gasteiger partial charge < -0.3 is 9.29 Å². The van der Waals surface area contributed by atoms with Crippen LogP contribution in [0.3, 0.4) is 0 Å². The van der Waals surface area contributed by atoms with Crippen molar-refractivity contribution < 1.29 is 17.7 Å². The van der Waals surface area contributed by atoms with Gasteiger partial charge in [-0.05, 0) is 58.8 Å². The molecule has 0 heterocycles. The Hall–Kier alpha value is -2.90. The van der Waals surface area contributed by atoms with E-state index in [1.54, 1.807) is 13.3 Å². The second-order valence-corrected chi connectivity index (χ2v) is 6.70. The third-order valence-corrected chi connectivity index (χ3v) is 4.47. The monoisotopic (exact) mass is 355 g/mol. The third-order valence-electron chi connectivity index (χ3n) is 3.62. The molecule has 0 unspecified atom stereocenters. The fourth-order valence-electron chi connectivity index (χ4n) is 2.33. The van der Waals surface area contributed by atoms with Gasteiger partial charge in [-0.25, -0.2) is 8.42 Å². The van der Waals surface area contributed by atoms with Gasteiger partial charge in [-0.1, -0.05) is 18.2 Å². The van der Waals surface area contributed by atoms with Crippen LogP contribution in [0.5, 0.6) is 5.75 Å². The van der Waals surface area contributed by atoms with Crippen LogP contribution in [0.25, 0.3) is 10.8 Å². The number of anilines is 1. The molecule has 128 valence electrons. The molecule has 3 aromatic carbocycles. The lowest BCUT2D eigenvalue weighted by molar-refractivity contribution is 0.415. The summed E-state index contributed by atoms with van der Waals surface area (Å²) in [7, 11) is -2.80. The fraction of sp³-hybridized carbons (Fsp3) is 0.0556. The van der Waals surface area contributed by atoms with Crippen LogP contribution in [-0.4, -0.2) is 26.3 Å². The van der Waals surface area contributed by atoms with Crippen molar-refractivity contribution in [2.75, 3.05) is 12.5 Å². The van der Waals surface area contributed by atoms with Gasteiger partial charge in [-0.15, -0.1) is 0 Å². The van der Waals surface area contributed by atoms with Crippen LogP contribution in [0, 0.1) is 0 Å². The summed E-state index contributed by atoms with van der Waals surface area (Å²) >= 11 is 0. The van der Waals surface area contributed by atoms with E-state index in [2.05, 4.69) is 10.5 Å². The molecule has 0 aliphatic rings. The van der Waals surface area contributed by atoms with E-state index in [1.165, 1.54) is 24.3 Å². The molecule has 0 atom stereocenters. The maximum atomic E-state index is 10.9. The van der Waals surface area contributed by atoms with Crippen molar-refractivity contribution in [3.63, 3.8) is 0 Å². The van der Waals surface area contributed by atoms with Gasteiger partial charge >= 0.3 is 0 Å². The number of hydrogen-bond acceptors (Lipinski definition) is 6. The molecule has 3 rings (SSSR count). The number of hydrazone groups is 1. The first-order valence-corrected chi connectivity index (χ1v) is 8.79. The molecule has 0 amide bonds. The van der Waals surface area contributed by atoms with E-state index >= 15 is 0 Å². The molecule has 0 spiro atoms. The smallest absolute Gasteiger partial charge is 0.124 e. The first-order chi connectivity index (χ1) is 12.0. The number of hydrogen-bond donors (Lipinski definition) is 1. The molecule has 0 radical (unpaired) electrons. The van der Waals surface area contributed by atoms with E-state index in [1.807, 2.05) is 36.4 Å². The second-order valence-electron chi connectivity index (χ2n) is 5.32. The molecule has 0 aliphatic carbocycles. The van der Waals surface area contributed by atoms with Crippen LogP contribution in [0.4, 0.5) is 5.69 Å². The molecule has 0 saturated carbocycles. The maximum absolute atomic E-state index is 10.9. The lowest BCUT2D eigenvalue weighted by Gasteiger charge is -2.07. The highest BCUT2D eigenvalue weighted by Crippen LogP contribution is 2.21. The lowest BCUT2D eigenvalue weighted by Crippen LogP contribution is -1.98.